The molecule has 3 nitrogen and oxygen atoms in total. The van der Waals surface area contributed by atoms with E-state index in [1.54, 1.807) is 11.3 Å². The van der Waals surface area contributed by atoms with E-state index in [-0.39, 0.29) is 11.9 Å². The van der Waals surface area contributed by atoms with Crippen LogP contribution >= 0.6 is 11.3 Å². The second-order valence-corrected chi connectivity index (χ2v) is 6.47. The molecule has 3 aromatic rings. The van der Waals surface area contributed by atoms with E-state index >= 15 is 0 Å². The topological polar surface area (TPSA) is 44.9 Å². The van der Waals surface area contributed by atoms with Gasteiger partial charge in [0.05, 0.1) is 6.04 Å². The van der Waals surface area contributed by atoms with Gasteiger partial charge in [0.15, 0.2) is 0 Å². The van der Waals surface area contributed by atoms with E-state index in [4.69, 9.17) is 0 Å². The molecule has 0 spiro atoms. The molecule has 4 heteroatoms. The highest BCUT2D eigenvalue weighted by Crippen LogP contribution is 2.26. The Kier molecular flexibility index (Phi) is 3.80. The summed E-state index contributed by atoms with van der Waals surface area (Å²) in [6.45, 7) is 4.25. The van der Waals surface area contributed by atoms with Gasteiger partial charge in [-0.3, -0.25) is 4.79 Å². The van der Waals surface area contributed by atoms with E-state index in [1.807, 2.05) is 41.9 Å². The third kappa shape index (κ3) is 2.85. The number of carbonyl (C=O) groups is 1. The molecule has 3 rings (SSSR count). The lowest BCUT2D eigenvalue weighted by molar-refractivity contribution is 0.0926. The van der Waals surface area contributed by atoms with Crippen molar-refractivity contribution in [2.45, 2.75) is 19.9 Å². The molecule has 1 aromatic carbocycles. The fourth-order valence-corrected chi connectivity index (χ4v) is 3.40. The molecule has 108 valence electrons. The number of fused-ring (bicyclic) bond motifs is 1. The minimum absolute atomic E-state index is 0.0291. The molecule has 1 amide bonds. The van der Waals surface area contributed by atoms with Gasteiger partial charge in [-0.1, -0.05) is 26.0 Å². The number of thiophene rings is 1. The highest BCUT2D eigenvalue weighted by Gasteiger charge is 2.20. The Morgan fingerprint density at radius 3 is 2.81 bits per heavy atom. The van der Waals surface area contributed by atoms with Gasteiger partial charge in [0, 0.05) is 22.2 Å². The molecule has 2 aromatic heterocycles. The van der Waals surface area contributed by atoms with E-state index in [2.05, 4.69) is 30.2 Å². The Bertz CT molecular complexity index is 743. The second-order valence-electron chi connectivity index (χ2n) is 5.49. The molecular formula is C17H18N2OS. The molecule has 21 heavy (non-hydrogen) atoms. The summed E-state index contributed by atoms with van der Waals surface area (Å²) in [6.07, 6.45) is 1.88. The van der Waals surface area contributed by atoms with Crippen molar-refractivity contribution in [1.82, 2.24) is 10.3 Å². The zero-order chi connectivity index (χ0) is 14.8. The van der Waals surface area contributed by atoms with Crippen LogP contribution in [0.3, 0.4) is 0 Å². The van der Waals surface area contributed by atoms with E-state index in [9.17, 15) is 4.79 Å². The summed E-state index contributed by atoms with van der Waals surface area (Å²) in [6, 6.07) is 11.9. The normalized spacial score (nSPS) is 12.7. The van der Waals surface area contributed by atoms with E-state index < -0.39 is 0 Å². The van der Waals surface area contributed by atoms with Crippen LogP contribution in [0.5, 0.6) is 0 Å². The lowest BCUT2D eigenvalue weighted by atomic mass is 10.0. The molecular weight excluding hydrogens is 280 g/mol. The molecule has 0 aliphatic heterocycles. The number of carbonyl (C=O) groups excluding carboxylic acids is 1. The smallest absolute Gasteiger partial charge is 0.251 e. The predicted octanol–water partition coefficient (Wildman–Crippen LogP) is 4.36. The standard InChI is InChI=1S/C17H18N2OS/c1-11(2)16(15-4-3-9-21-15)19-17(20)13-6-5-12-7-8-18-14(12)10-13/h3-11,16,18H,1-2H3,(H,19,20). The van der Waals surface area contributed by atoms with E-state index in [1.165, 1.54) is 4.88 Å². The minimum Gasteiger partial charge on any atom is -0.361 e. The Balaban J connectivity index is 1.83. The molecule has 0 saturated heterocycles. The summed E-state index contributed by atoms with van der Waals surface area (Å²) >= 11 is 1.68. The molecule has 2 heterocycles. The van der Waals surface area contributed by atoms with Gasteiger partial charge >= 0.3 is 0 Å². The zero-order valence-corrected chi connectivity index (χ0v) is 12.9. The number of rotatable bonds is 4. The van der Waals surface area contributed by atoms with Crippen LogP contribution in [-0.4, -0.2) is 10.9 Å². The number of H-pyrrole nitrogens is 1. The Morgan fingerprint density at radius 1 is 1.24 bits per heavy atom. The van der Waals surface area contributed by atoms with Crippen molar-refractivity contribution in [2.24, 2.45) is 5.92 Å². The second kappa shape index (κ2) is 5.74. The maximum absolute atomic E-state index is 12.5. The van der Waals surface area contributed by atoms with Crippen molar-refractivity contribution >= 4 is 28.1 Å². The first-order chi connectivity index (χ1) is 10.1. The first kappa shape index (κ1) is 13.9. The van der Waals surface area contributed by atoms with E-state index in [0.717, 1.165) is 10.9 Å². The summed E-state index contributed by atoms with van der Waals surface area (Å²) in [7, 11) is 0. The average Bonchev–Trinajstić information content (AvgIpc) is 3.14. The van der Waals surface area contributed by atoms with Crippen molar-refractivity contribution in [3.63, 3.8) is 0 Å². The van der Waals surface area contributed by atoms with Crippen molar-refractivity contribution in [3.05, 3.63) is 58.4 Å². The van der Waals surface area contributed by atoms with Crippen LogP contribution in [0.4, 0.5) is 0 Å². The van der Waals surface area contributed by atoms with Crippen LogP contribution in [0, 0.1) is 5.92 Å². The van der Waals surface area contributed by atoms with Crippen molar-refractivity contribution in [3.8, 4) is 0 Å². The van der Waals surface area contributed by atoms with Gasteiger partial charge in [0.2, 0.25) is 0 Å². The fraction of sp³-hybridized carbons (Fsp3) is 0.235. The van der Waals surface area contributed by atoms with Gasteiger partial charge in [-0.25, -0.2) is 0 Å². The Labute approximate surface area is 128 Å². The summed E-state index contributed by atoms with van der Waals surface area (Å²) in [5.41, 5.74) is 1.67. The quantitative estimate of drug-likeness (QED) is 0.738. The molecule has 0 saturated carbocycles. The molecule has 1 atom stereocenters. The van der Waals surface area contributed by atoms with E-state index in [0.29, 0.717) is 11.5 Å². The molecule has 1 unspecified atom stereocenters. The molecule has 0 bridgehead atoms. The summed E-state index contributed by atoms with van der Waals surface area (Å²) < 4.78 is 0. The van der Waals surface area contributed by atoms with Gasteiger partial charge in [-0.2, -0.15) is 0 Å². The lowest BCUT2D eigenvalue weighted by Crippen LogP contribution is -2.31. The third-order valence-electron chi connectivity index (χ3n) is 3.62. The van der Waals surface area contributed by atoms with Crippen LogP contribution < -0.4 is 5.32 Å². The molecule has 0 aliphatic carbocycles. The first-order valence-electron chi connectivity index (χ1n) is 7.06. The number of aromatic nitrogens is 1. The predicted molar refractivity (Wildman–Crippen MR) is 87.7 cm³/mol. The van der Waals surface area contributed by atoms with Crippen LogP contribution in [0.1, 0.15) is 35.1 Å². The lowest BCUT2D eigenvalue weighted by Gasteiger charge is -2.21. The highest BCUT2D eigenvalue weighted by atomic mass is 32.1. The largest absolute Gasteiger partial charge is 0.361 e. The first-order valence-corrected chi connectivity index (χ1v) is 7.94. The minimum atomic E-state index is -0.0291. The van der Waals surface area contributed by atoms with Crippen LogP contribution in [-0.2, 0) is 0 Å². The van der Waals surface area contributed by atoms with Gasteiger partial charge in [0.1, 0.15) is 0 Å². The molecule has 0 radical (unpaired) electrons. The van der Waals surface area contributed by atoms with Gasteiger partial charge < -0.3 is 10.3 Å². The number of hydrogen-bond donors (Lipinski definition) is 2. The third-order valence-corrected chi connectivity index (χ3v) is 4.58. The summed E-state index contributed by atoms with van der Waals surface area (Å²) in [5, 5.41) is 6.31. The van der Waals surface area contributed by atoms with Gasteiger partial charge in [0.25, 0.3) is 5.91 Å². The van der Waals surface area contributed by atoms with Crippen LogP contribution in [0.15, 0.2) is 48.0 Å². The maximum Gasteiger partial charge on any atom is 0.251 e. The highest BCUT2D eigenvalue weighted by molar-refractivity contribution is 7.10. The van der Waals surface area contributed by atoms with Crippen molar-refractivity contribution in [1.29, 1.82) is 0 Å². The van der Waals surface area contributed by atoms with Gasteiger partial charge in [-0.15, -0.1) is 11.3 Å². The Hall–Kier alpha value is -2.07. The summed E-state index contributed by atoms with van der Waals surface area (Å²) in [4.78, 5) is 16.8. The fourth-order valence-electron chi connectivity index (χ4n) is 2.45. The van der Waals surface area contributed by atoms with Crippen LogP contribution in [0.25, 0.3) is 10.9 Å². The Morgan fingerprint density at radius 2 is 2.10 bits per heavy atom. The zero-order valence-electron chi connectivity index (χ0n) is 12.1. The van der Waals surface area contributed by atoms with Crippen molar-refractivity contribution in [2.75, 3.05) is 0 Å². The number of amides is 1. The number of aromatic amines is 1. The van der Waals surface area contributed by atoms with Crippen LogP contribution in [0.2, 0.25) is 0 Å². The molecule has 0 aliphatic rings. The van der Waals surface area contributed by atoms with Crippen molar-refractivity contribution < 1.29 is 4.79 Å². The number of nitrogens with one attached hydrogen (secondary N) is 2. The number of hydrogen-bond acceptors (Lipinski definition) is 2. The average molecular weight is 298 g/mol. The maximum atomic E-state index is 12.5. The molecule has 0 fully saturated rings. The van der Waals surface area contributed by atoms with Gasteiger partial charge in [-0.05, 0) is 40.9 Å². The molecule has 2 N–H and O–H groups in total. The summed E-state index contributed by atoms with van der Waals surface area (Å²) in [5.74, 6) is 0.320. The SMILES string of the molecule is CC(C)C(NC(=O)c1ccc2cc[nH]c2c1)c1cccs1. The monoisotopic (exact) mass is 298 g/mol. The number of benzene rings is 1.